The molecule has 7 nitrogen and oxygen atoms in total. The molecular weight excluding hydrogens is 491 g/mol. The smallest absolute Gasteiger partial charge is 0.227 e. The lowest BCUT2D eigenvalue weighted by Gasteiger charge is -2.37. The van der Waals surface area contributed by atoms with Crippen molar-refractivity contribution in [3.05, 3.63) is 54.2 Å². The monoisotopic (exact) mass is 522 g/mol. The van der Waals surface area contributed by atoms with Crippen LogP contribution in [0.4, 0.5) is 11.5 Å². The topological polar surface area (TPSA) is 72.9 Å². The van der Waals surface area contributed by atoms with Crippen molar-refractivity contribution in [2.75, 3.05) is 49.5 Å². The number of hydrogen-bond acceptors (Lipinski definition) is 4. The summed E-state index contributed by atoms with van der Waals surface area (Å²) in [4.78, 5) is 25.8. The van der Waals surface area contributed by atoms with Crippen molar-refractivity contribution in [2.24, 2.45) is 4.99 Å². The Kier molecular flexibility index (Phi) is 9.85. The molecule has 1 aliphatic rings. The molecule has 2 aromatic rings. The summed E-state index contributed by atoms with van der Waals surface area (Å²) in [6.45, 7) is 8.92. The number of hydrogen-bond donors (Lipinski definition) is 2. The summed E-state index contributed by atoms with van der Waals surface area (Å²) >= 11 is 0. The maximum absolute atomic E-state index is 12.2. The molecule has 0 unspecified atom stereocenters. The molecular formula is C22H31IN6O. The number of anilines is 2. The molecule has 1 aromatic carbocycles. The van der Waals surface area contributed by atoms with E-state index in [1.807, 2.05) is 25.1 Å². The zero-order valence-electron chi connectivity index (χ0n) is 17.7. The predicted octanol–water partition coefficient (Wildman–Crippen LogP) is 3.12. The second kappa shape index (κ2) is 12.4. The van der Waals surface area contributed by atoms with Gasteiger partial charge in [0.2, 0.25) is 5.91 Å². The van der Waals surface area contributed by atoms with Crippen LogP contribution >= 0.6 is 24.0 Å². The number of benzene rings is 1. The number of halogens is 1. The molecule has 0 aliphatic carbocycles. The number of guanidine groups is 1. The number of para-hydroxylation sites is 1. The highest BCUT2D eigenvalue weighted by Crippen LogP contribution is 2.15. The van der Waals surface area contributed by atoms with Gasteiger partial charge in [-0.3, -0.25) is 9.79 Å². The molecule has 2 heterocycles. The third kappa shape index (κ3) is 7.16. The number of aliphatic imine (C=N–C) groups is 1. The quantitative estimate of drug-likeness (QED) is 0.347. The summed E-state index contributed by atoms with van der Waals surface area (Å²) in [6, 6.07) is 16.1. The molecule has 1 aromatic heterocycles. The molecule has 30 heavy (non-hydrogen) atoms. The number of amides is 1. The number of rotatable bonds is 6. The lowest BCUT2D eigenvalue weighted by Crippen LogP contribution is -2.52. The minimum absolute atomic E-state index is 0. The summed E-state index contributed by atoms with van der Waals surface area (Å²) in [5, 5.41) is 6.18. The molecule has 0 spiro atoms. The number of carbonyl (C=O) groups is 1. The van der Waals surface area contributed by atoms with Gasteiger partial charge in [-0.25, -0.2) is 4.98 Å². The van der Waals surface area contributed by atoms with Crippen LogP contribution in [0.5, 0.6) is 0 Å². The first-order valence-electron chi connectivity index (χ1n) is 10.2. The summed E-state index contributed by atoms with van der Waals surface area (Å²) in [5.41, 5.74) is 2.14. The van der Waals surface area contributed by atoms with E-state index in [0.717, 1.165) is 44.4 Å². The van der Waals surface area contributed by atoms with Crippen LogP contribution in [0.3, 0.4) is 0 Å². The Balaban J connectivity index is 0.00000320. The normalized spacial score (nSPS) is 14.1. The fraction of sp³-hybridized carbons (Fsp3) is 0.409. The molecule has 1 aliphatic heterocycles. The van der Waals surface area contributed by atoms with E-state index in [4.69, 9.17) is 0 Å². The minimum atomic E-state index is -0.0726. The van der Waals surface area contributed by atoms with E-state index in [0.29, 0.717) is 18.8 Å². The van der Waals surface area contributed by atoms with Gasteiger partial charge in [-0.1, -0.05) is 24.3 Å². The minimum Gasteiger partial charge on any atom is -0.368 e. The van der Waals surface area contributed by atoms with Gasteiger partial charge in [-0.2, -0.15) is 0 Å². The molecule has 8 heteroatoms. The molecule has 1 amide bonds. The molecule has 1 saturated heterocycles. The fourth-order valence-corrected chi connectivity index (χ4v) is 3.32. The maximum atomic E-state index is 12.2. The van der Waals surface area contributed by atoms with Gasteiger partial charge in [-0.05, 0) is 38.1 Å². The zero-order valence-corrected chi connectivity index (χ0v) is 20.0. The van der Waals surface area contributed by atoms with Crippen molar-refractivity contribution in [2.45, 2.75) is 20.3 Å². The predicted molar refractivity (Wildman–Crippen MR) is 134 cm³/mol. The number of pyridine rings is 1. The van der Waals surface area contributed by atoms with Crippen molar-refractivity contribution in [1.29, 1.82) is 0 Å². The van der Waals surface area contributed by atoms with Crippen molar-refractivity contribution in [3.63, 3.8) is 0 Å². The van der Waals surface area contributed by atoms with Gasteiger partial charge in [-0.15, -0.1) is 24.0 Å². The molecule has 0 saturated carbocycles. The Morgan fingerprint density at radius 1 is 1.07 bits per heavy atom. The summed E-state index contributed by atoms with van der Waals surface area (Å²) < 4.78 is 0. The van der Waals surface area contributed by atoms with Crippen LogP contribution in [0, 0.1) is 6.92 Å². The number of piperazine rings is 1. The SMILES string of the molecule is CCNC(=NCCC(=O)Nc1cccc(C)n1)N1CCN(c2ccccc2)CC1.I. The number of carbonyl (C=O) groups excluding carboxylic acids is 1. The van der Waals surface area contributed by atoms with E-state index < -0.39 is 0 Å². The van der Waals surface area contributed by atoms with Crippen molar-refractivity contribution < 1.29 is 4.79 Å². The van der Waals surface area contributed by atoms with E-state index in [1.165, 1.54) is 5.69 Å². The van der Waals surface area contributed by atoms with Crippen LogP contribution in [0.15, 0.2) is 53.5 Å². The molecule has 0 radical (unpaired) electrons. The molecule has 162 valence electrons. The lowest BCUT2D eigenvalue weighted by molar-refractivity contribution is -0.116. The van der Waals surface area contributed by atoms with E-state index in [-0.39, 0.29) is 29.9 Å². The Labute approximate surface area is 196 Å². The second-order valence-corrected chi connectivity index (χ2v) is 7.01. The van der Waals surface area contributed by atoms with Crippen LogP contribution in [0.2, 0.25) is 0 Å². The van der Waals surface area contributed by atoms with Crippen molar-refractivity contribution in [3.8, 4) is 0 Å². The van der Waals surface area contributed by atoms with Crippen LogP contribution in [0.1, 0.15) is 19.0 Å². The van der Waals surface area contributed by atoms with Crippen LogP contribution in [0.25, 0.3) is 0 Å². The highest BCUT2D eigenvalue weighted by atomic mass is 127. The zero-order chi connectivity index (χ0) is 20.5. The fourth-order valence-electron chi connectivity index (χ4n) is 3.32. The van der Waals surface area contributed by atoms with Crippen LogP contribution in [-0.4, -0.2) is 61.0 Å². The third-order valence-corrected chi connectivity index (χ3v) is 4.79. The van der Waals surface area contributed by atoms with Gasteiger partial charge in [0.15, 0.2) is 5.96 Å². The molecule has 1 fully saturated rings. The van der Waals surface area contributed by atoms with Gasteiger partial charge < -0.3 is 20.4 Å². The van der Waals surface area contributed by atoms with Gasteiger partial charge in [0, 0.05) is 50.5 Å². The standard InChI is InChI=1S/C22H30N6O.HI/c1-3-23-22(24-13-12-21(29)26-20-11-7-8-18(2)25-20)28-16-14-27(15-17-28)19-9-5-4-6-10-19;/h4-11H,3,12-17H2,1-2H3,(H,23,24)(H,25,26,29);1H. The van der Waals surface area contributed by atoms with E-state index in [1.54, 1.807) is 6.07 Å². The molecule has 2 N–H and O–H groups in total. The van der Waals surface area contributed by atoms with Crippen LogP contribution < -0.4 is 15.5 Å². The third-order valence-electron chi connectivity index (χ3n) is 4.79. The van der Waals surface area contributed by atoms with Gasteiger partial charge in [0.1, 0.15) is 5.82 Å². The highest BCUT2D eigenvalue weighted by molar-refractivity contribution is 14.0. The van der Waals surface area contributed by atoms with Gasteiger partial charge >= 0.3 is 0 Å². The van der Waals surface area contributed by atoms with Gasteiger partial charge in [0.05, 0.1) is 6.54 Å². The van der Waals surface area contributed by atoms with E-state index in [2.05, 4.69) is 61.6 Å². The average Bonchev–Trinajstić information content (AvgIpc) is 2.74. The van der Waals surface area contributed by atoms with E-state index in [9.17, 15) is 4.79 Å². The summed E-state index contributed by atoms with van der Waals surface area (Å²) in [6.07, 6.45) is 0.328. The Bertz CT molecular complexity index is 821. The Morgan fingerprint density at radius 3 is 2.47 bits per heavy atom. The van der Waals surface area contributed by atoms with Gasteiger partial charge in [0.25, 0.3) is 0 Å². The number of nitrogens with one attached hydrogen (secondary N) is 2. The average molecular weight is 522 g/mol. The lowest BCUT2D eigenvalue weighted by atomic mass is 10.2. The number of aryl methyl sites for hydroxylation is 1. The second-order valence-electron chi connectivity index (χ2n) is 7.01. The molecule has 3 rings (SSSR count). The number of aromatic nitrogens is 1. The number of nitrogens with zero attached hydrogens (tertiary/aromatic N) is 4. The maximum Gasteiger partial charge on any atom is 0.227 e. The first-order chi connectivity index (χ1) is 14.2. The molecule has 0 bridgehead atoms. The summed E-state index contributed by atoms with van der Waals surface area (Å²) in [7, 11) is 0. The summed E-state index contributed by atoms with van der Waals surface area (Å²) in [5.74, 6) is 1.39. The highest BCUT2D eigenvalue weighted by Gasteiger charge is 2.19. The van der Waals surface area contributed by atoms with Crippen LogP contribution in [-0.2, 0) is 4.79 Å². The van der Waals surface area contributed by atoms with Crippen molar-refractivity contribution in [1.82, 2.24) is 15.2 Å². The van der Waals surface area contributed by atoms with E-state index >= 15 is 0 Å². The van der Waals surface area contributed by atoms with Crippen molar-refractivity contribution >= 4 is 47.3 Å². The first-order valence-corrected chi connectivity index (χ1v) is 10.2. The Hall–Kier alpha value is -2.36. The first kappa shape index (κ1) is 23.9. The Morgan fingerprint density at radius 2 is 1.80 bits per heavy atom. The molecule has 0 atom stereocenters. The largest absolute Gasteiger partial charge is 0.368 e.